The van der Waals surface area contributed by atoms with Gasteiger partial charge in [-0.3, -0.25) is 4.79 Å². The van der Waals surface area contributed by atoms with Crippen molar-refractivity contribution in [3.05, 3.63) is 35.2 Å². The smallest absolute Gasteiger partial charge is 0.304 e. The van der Waals surface area contributed by atoms with Crippen molar-refractivity contribution in [2.75, 3.05) is 0 Å². The van der Waals surface area contributed by atoms with Crippen molar-refractivity contribution in [2.45, 2.75) is 18.9 Å². The Balaban J connectivity index is 0.00000144. The second-order valence-corrected chi connectivity index (χ2v) is 4.73. The number of hydrogen-bond acceptors (Lipinski definition) is 3. The standard InChI is InChI=1S/C12H13NO2S.ClH/c13-9(6-12(14)15)5-8-7-16-11-4-2-1-3-10(8)11;/h1-4,7,9H,5-6,13H2,(H,14,15);1H/t9-;/m1./s1. The summed E-state index contributed by atoms with van der Waals surface area (Å²) in [5, 5.41) is 11.9. The van der Waals surface area contributed by atoms with Gasteiger partial charge < -0.3 is 10.8 Å². The molecule has 1 aromatic heterocycles. The minimum absolute atomic E-state index is 0. The zero-order valence-electron chi connectivity index (χ0n) is 9.13. The molecule has 3 nitrogen and oxygen atoms in total. The molecule has 0 bridgehead atoms. The second kappa shape index (κ2) is 6.00. The summed E-state index contributed by atoms with van der Waals surface area (Å²) in [5.41, 5.74) is 6.93. The number of benzene rings is 1. The summed E-state index contributed by atoms with van der Waals surface area (Å²) >= 11 is 1.67. The summed E-state index contributed by atoms with van der Waals surface area (Å²) in [6.07, 6.45) is 0.639. The Morgan fingerprint density at radius 2 is 2.12 bits per heavy atom. The topological polar surface area (TPSA) is 63.3 Å². The highest BCUT2D eigenvalue weighted by molar-refractivity contribution is 7.17. The minimum atomic E-state index is -0.841. The molecule has 92 valence electrons. The molecule has 1 heterocycles. The predicted octanol–water partition coefficient (Wildman–Crippen LogP) is 2.67. The third-order valence-corrected chi connectivity index (χ3v) is 3.49. The zero-order valence-corrected chi connectivity index (χ0v) is 10.8. The number of carboxylic acid groups (broad SMARTS) is 1. The van der Waals surface area contributed by atoms with Gasteiger partial charge in [0.1, 0.15) is 0 Å². The molecule has 0 aliphatic carbocycles. The Hall–Kier alpha value is -1.10. The van der Waals surface area contributed by atoms with Crippen LogP contribution in [0.5, 0.6) is 0 Å². The molecular formula is C12H14ClNO2S. The van der Waals surface area contributed by atoms with Crippen molar-refractivity contribution >= 4 is 39.8 Å². The van der Waals surface area contributed by atoms with Gasteiger partial charge in [0.05, 0.1) is 6.42 Å². The number of rotatable bonds is 4. The third-order valence-electron chi connectivity index (χ3n) is 2.48. The molecule has 17 heavy (non-hydrogen) atoms. The van der Waals surface area contributed by atoms with Gasteiger partial charge in [-0.1, -0.05) is 18.2 Å². The van der Waals surface area contributed by atoms with Gasteiger partial charge in [0.2, 0.25) is 0 Å². The first kappa shape index (κ1) is 14.0. The quantitative estimate of drug-likeness (QED) is 0.899. The van der Waals surface area contributed by atoms with Gasteiger partial charge >= 0.3 is 5.97 Å². The first-order valence-electron chi connectivity index (χ1n) is 5.09. The van der Waals surface area contributed by atoms with Gasteiger partial charge in [-0.25, -0.2) is 0 Å². The monoisotopic (exact) mass is 271 g/mol. The highest BCUT2D eigenvalue weighted by Crippen LogP contribution is 2.26. The molecule has 0 fully saturated rings. The first-order valence-corrected chi connectivity index (χ1v) is 5.97. The first-order chi connectivity index (χ1) is 7.66. The lowest BCUT2D eigenvalue weighted by Crippen LogP contribution is -2.25. The maximum absolute atomic E-state index is 10.5. The van der Waals surface area contributed by atoms with Gasteiger partial charge in [0, 0.05) is 10.7 Å². The van der Waals surface area contributed by atoms with E-state index in [1.807, 2.05) is 12.1 Å². The van der Waals surface area contributed by atoms with E-state index in [4.69, 9.17) is 10.8 Å². The third kappa shape index (κ3) is 3.43. The van der Waals surface area contributed by atoms with Crippen LogP contribution >= 0.6 is 23.7 Å². The molecule has 3 N–H and O–H groups in total. The van der Waals surface area contributed by atoms with Crippen LogP contribution in [0.1, 0.15) is 12.0 Å². The summed E-state index contributed by atoms with van der Waals surface area (Å²) < 4.78 is 1.22. The highest BCUT2D eigenvalue weighted by Gasteiger charge is 2.11. The number of halogens is 1. The number of aliphatic carboxylic acids is 1. The van der Waals surface area contributed by atoms with Crippen molar-refractivity contribution in [3.63, 3.8) is 0 Å². The van der Waals surface area contributed by atoms with Gasteiger partial charge in [-0.05, 0) is 28.8 Å². The maximum atomic E-state index is 10.5. The Bertz CT molecular complexity index is 512. The van der Waals surface area contributed by atoms with Crippen LogP contribution in [-0.2, 0) is 11.2 Å². The Morgan fingerprint density at radius 1 is 1.41 bits per heavy atom. The number of hydrogen-bond donors (Lipinski definition) is 2. The van der Waals surface area contributed by atoms with Crippen LogP contribution in [-0.4, -0.2) is 17.1 Å². The van der Waals surface area contributed by atoms with Gasteiger partial charge in [0.15, 0.2) is 0 Å². The normalized spacial score (nSPS) is 12.1. The molecule has 0 unspecified atom stereocenters. The van der Waals surface area contributed by atoms with E-state index in [2.05, 4.69) is 17.5 Å². The van der Waals surface area contributed by atoms with E-state index in [0.717, 1.165) is 5.56 Å². The number of nitrogens with two attached hydrogens (primary N) is 1. The van der Waals surface area contributed by atoms with E-state index in [-0.39, 0.29) is 24.9 Å². The average Bonchev–Trinajstić information content (AvgIpc) is 2.61. The Morgan fingerprint density at radius 3 is 2.82 bits per heavy atom. The van der Waals surface area contributed by atoms with Crippen molar-refractivity contribution in [3.8, 4) is 0 Å². The van der Waals surface area contributed by atoms with E-state index in [1.165, 1.54) is 10.1 Å². The number of fused-ring (bicyclic) bond motifs is 1. The van der Waals surface area contributed by atoms with E-state index in [9.17, 15) is 4.79 Å². The fraction of sp³-hybridized carbons (Fsp3) is 0.250. The molecule has 0 aliphatic heterocycles. The Labute approximate surface area is 110 Å². The van der Waals surface area contributed by atoms with Crippen LogP contribution in [0.4, 0.5) is 0 Å². The number of thiophene rings is 1. The lowest BCUT2D eigenvalue weighted by atomic mass is 10.0. The fourth-order valence-corrected chi connectivity index (χ4v) is 2.75. The van der Waals surface area contributed by atoms with Crippen LogP contribution < -0.4 is 5.73 Å². The van der Waals surface area contributed by atoms with Crippen LogP contribution in [0.3, 0.4) is 0 Å². The molecule has 0 aliphatic rings. The summed E-state index contributed by atoms with van der Waals surface area (Å²) in [6.45, 7) is 0. The molecule has 0 saturated heterocycles. The van der Waals surface area contributed by atoms with Crippen molar-refractivity contribution in [1.29, 1.82) is 0 Å². The summed E-state index contributed by atoms with van der Waals surface area (Å²) in [7, 11) is 0. The molecular weight excluding hydrogens is 258 g/mol. The second-order valence-electron chi connectivity index (χ2n) is 3.82. The van der Waals surface area contributed by atoms with Crippen LogP contribution in [0.15, 0.2) is 29.6 Å². The Kier molecular flexibility index (Phi) is 4.93. The van der Waals surface area contributed by atoms with Crippen molar-refractivity contribution < 1.29 is 9.90 Å². The lowest BCUT2D eigenvalue weighted by molar-refractivity contribution is -0.137. The summed E-state index contributed by atoms with van der Waals surface area (Å²) in [6, 6.07) is 7.79. The largest absolute Gasteiger partial charge is 0.481 e. The predicted molar refractivity (Wildman–Crippen MR) is 73.0 cm³/mol. The van der Waals surface area contributed by atoms with Crippen molar-refractivity contribution in [2.24, 2.45) is 5.73 Å². The van der Waals surface area contributed by atoms with Crippen LogP contribution in [0.25, 0.3) is 10.1 Å². The minimum Gasteiger partial charge on any atom is -0.481 e. The lowest BCUT2D eigenvalue weighted by Gasteiger charge is -2.07. The molecule has 2 aromatic rings. The number of carboxylic acids is 1. The average molecular weight is 272 g/mol. The van der Waals surface area contributed by atoms with E-state index < -0.39 is 5.97 Å². The van der Waals surface area contributed by atoms with E-state index in [1.54, 1.807) is 11.3 Å². The maximum Gasteiger partial charge on any atom is 0.304 e. The number of carbonyl (C=O) groups is 1. The molecule has 2 rings (SSSR count). The highest BCUT2D eigenvalue weighted by atomic mass is 35.5. The van der Waals surface area contributed by atoms with Crippen molar-refractivity contribution in [1.82, 2.24) is 0 Å². The van der Waals surface area contributed by atoms with Gasteiger partial charge in [0.25, 0.3) is 0 Å². The molecule has 1 aromatic carbocycles. The summed E-state index contributed by atoms with van der Waals surface area (Å²) in [4.78, 5) is 10.5. The van der Waals surface area contributed by atoms with Gasteiger partial charge in [-0.2, -0.15) is 0 Å². The zero-order chi connectivity index (χ0) is 11.5. The molecule has 0 amide bonds. The molecule has 0 spiro atoms. The molecule has 1 atom stereocenters. The fourth-order valence-electron chi connectivity index (χ4n) is 1.77. The van der Waals surface area contributed by atoms with E-state index in [0.29, 0.717) is 6.42 Å². The summed E-state index contributed by atoms with van der Waals surface area (Å²) in [5.74, 6) is -0.841. The van der Waals surface area contributed by atoms with Crippen LogP contribution in [0.2, 0.25) is 0 Å². The van der Waals surface area contributed by atoms with Crippen LogP contribution in [0, 0.1) is 0 Å². The molecule has 5 heteroatoms. The van der Waals surface area contributed by atoms with Gasteiger partial charge in [-0.15, -0.1) is 23.7 Å². The van der Waals surface area contributed by atoms with E-state index >= 15 is 0 Å². The molecule has 0 radical (unpaired) electrons. The molecule has 0 saturated carbocycles. The SMILES string of the molecule is Cl.N[C@@H](CC(=O)O)Cc1csc2ccccc12.